The largest absolute Gasteiger partial charge is 0.222 e. The van der Waals surface area contributed by atoms with Crippen molar-refractivity contribution >= 4 is 33.2 Å². The average Bonchev–Trinajstić information content (AvgIpc) is 2.68. The molecular formula is C16H15ClN2S. The smallest absolute Gasteiger partial charge is 0.141 e. The Morgan fingerprint density at radius 3 is 2.40 bits per heavy atom. The van der Waals surface area contributed by atoms with Gasteiger partial charge in [0.05, 0.1) is 0 Å². The number of rotatable bonds is 2. The van der Waals surface area contributed by atoms with E-state index in [9.17, 15) is 0 Å². The molecule has 0 amide bonds. The minimum Gasteiger partial charge on any atom is -0.222 e. The molecule has 102 valence electrons. The fourth-order valence-corrected chi connectivity index (χ4v) is 3.68. The van der Waals surface area contributed by atoms with Crippen molar-refractivity contribution in [2.45, 2.75) is 27.2 Å². The molecule has 0 N–H and O–H groups in total. The summed E-state index contributed by atoms with van der Waals surface area (Å²) < 4.78 is 0. The van der Waals surface area contributed by atoms with Crippen LogP contribution < -0.4 is 0 Å². The third-order valence-electron chi connectivity index (χ3n) is 3.16. The summed E-state index contributed by atoms with van der Waals surface area (Å²) in [4.78, 5) is 11.2. The Morgan fingerprint density at radius 1 is 1.00 bits per heavy atom. The Balaban J connectivity index is 2.01. The lowest BCUT2D eigenvalue weighted by Crippen LogP contribution is -1.97. The van der Waals surface area contributed by atoms with Gasteiger partial charge in [0.25, 0.3) is 0 Å². The second kappa shape index (κ2) is 5.15. The maximum absolute atomic E-state index is 6.26. The van der Waals surface area contributed by atoms with E-state index in [2.05, 4.69) is 48.9 Å². The van der Waals surface area contributed by atoms with Gasteiger partial charge in [0.15, 0.2) is 0 Å². The summed E-state index contributed by atoms with van der Waals surface area (Å²) in [6, 6.07) is 8.56. The summed E-state index contributed by atoms with van der Waals surface area (Å²) in [7, 11) is 0. The number of hydrogen-bond donors (Lipinski definition) is 0. The van der Waals surface area contributed by atoms with Crippen LogP contribution in [-0.4, -0.2) is 9.97 Å². The molecule has 3 aromatic rings. The fourth-order valence-electron chi connectivity index (χ4n) is 2.48. The second-order valence-electron chi connectivity index (χ2n) is 5.18. The number of halogens is 1. The summed E-state index contributed by atoms with van der Waals surface area (Å²) in [5, 5.41) is 1.51. The molecule has 0 radical (unpaired) electrons. The first-order valence-corrected chi connectivity index (χ1v) is 7.70. The molecule has 20 heavy (non-hydrogen) atoms. The number of fused-ring (bicyclic) bond motifs is 1. The van der Waals surface area contributed by atoms with Crippen LogP contribution in [0.15, 0.2) is 24.3 Å². The number of aryl methyl sites for hydroxylation is 3. The Labute approximate surface area is 127 Å². The minimum atomic E-state index is 0.554. The zero-order valence-electron chi connectivity index (χ0n) is 11.7. The third kappa shape index (κ3) is 2.69. The monoisotopic (exact) mass is 302 g/mol. The van der Waals surface area contributed by atoms with Crippen LogP contribution in [-0.2, 0) is 6.42 Å². The van der Waals surface area contributed by atoms with E-state index in [1.165, 1.54) is 21.6 Å². The molecule has 0 aliphatic carbocycles. The molecule has 0 unspecified atom stereocenters. The zero-order valence-corrected chi connectivity index (χ0v) is 13.3. The van der Waals surface area contributed by atoms with Crippen molar-refractivity contribution in [3.63, 3.8) is 0 Å². The molecule has 2 aromatic heterocycles. The van der Waals surface area contributed by atoms with E-state index >= 15 is 0 Å². The third-order valence-corrected chi connectivity index (χ3v) is 4.39. The van der Waals surface area contributed by atoms with Gasteiger partial charge in [-0.15, -0.1) is 11.3 Å². The van der Waals surface area contributed by atoms with Crippen LogP contribution in [0.4, 0.5) is 0 Å². The van der Waals surface area contributed by atoms with Crippen molar-refractivity contribution < 1.29 is 0 Å². The van der Waals surface area contributed by atoms with Crippen LogP contribution in [0, 0.1) is 20.8 Å². The Hall–Kier alpha value is -1.45. The van der Waals surface area contributed by atoms with Gasteiger partial charge in [-0.05, 0) is 32.4 Å². The van der Waals surface area contributed by atoms with Gasteiger partial charge in [0.2, 0.25) is 0 Å². The van der Waals surface area contributed by atoms with Gasteiger partial charge in [0, 0.05) is 16.7 Å². The van der Waals surface area contributed by atoms with E-state index in [1.54, 1.807) is 11.3 Å². The first-order valence-electron chi connectivity index (χ1n) is 6.51. The SMILES string of the molecule is Cc1cc(C)cc(Cc2nc(Cl)c3cc(C)sc3n2)c1. The Morgan fingerprint density at radius 2 is 1.70 bits per heavy atom. The number of benzene rings is 1. The lowest BCUT2D eigenvalue weighted by Gasteiger charge is -2.05. The van der Waals surface area contributed by atoms with Gasteiger partial charge < -0.3 is 0 Å². The van der Waals surface area contributed by atoms with Crippen LogP contribution in [0.2, 0.25) is 5.15 Å². The van der Waals surface area contributed by atoms with E-state index in [4.69, 9.17) is 11.6 Å². The average molecular weight is 303 g/mol. The van der Waals surface area contributed by atoms with Crippen molar-refractivity contribution in [1.82, 2.24) is 9.97 Å². The quantitative estimate of drug-likeness (QED) is 0.632. The number of hydrogen-bond acceptors (Lipinski definition) is 3. The van der Waals surface area contributed by atoms with Gasteiger partial charge in [-0.2, -0.15) is 0 Å². The van der Waals surface area contributed by atoms with E-state index in [1.807, 2.05) is 6.07 Å². The van der Waals surface area contributed by atoms with Gasteiger partial charge >= 0.3 is 0 Å². The minimum absolute atomic E-state index is 0.554. The Kier molecular flexibility index (Phi) is 3.48. The molecule has 0 aliphatic rings. The summed E-state index contributed by atoms with van der Waals surface area (Å²) in [5.41, 5.74) is 3.75. The first kappa shape index (κ1) is 13.5. The molecule has 4 heteroatoms. The lowest BCUT2D eigenvalue weighted by atomic mass is 10.0. The summed E-state index contributed by atoms with van der Waals surface area (Å²) in [6.45, 7) is 6.28. The van der Waals surface area contributed by atoms with Crippen molar-refractivity contribution in [2.75, 3.05) is 0 Å². The van der Waals surface area contributed by atoms with E-state index < -0.39 is 0 Å². The van der Waals surface area contributed by atoms with Crippen molar-refractivity contribution in [3.8, 4) is 0 Å². The van der Waals surface area contributed by atoms with Gasteiger partial charge in [-0.25, -0.2) is 9.97 Å². The van der Waals surface area contributed by atoms with Crippen molar-refractivity contribution in [1.29, 1.82) is 0 Å². The molecule has 0 fully saturated rings. The van der Waals surface area contributed by atoms with Crippen molar-refractivity contribution in [3.05, 3.63) is 56.8 Å². The van der Waals surface area contributed by atoms with E-state index in [-0.39, 0.29) is 0 Å². The molecule has 0 aliphatic heterocycles. The molecule has 3 rings (SSSR count). The first-order chi connectivity index (χ1) is 9.51. The maximum atomic E-state index is 6.26. The maximum Gasteiger partial charge on any atom is 0.141 e. The van der Waals surface area contributed by atoms with Crippen LogP contribution in [0.25, 0.3) is 10.2 Å². The normalized spacial score (nSPS) is 11.2. The predicted molar refractivity (Wildman–Crippen MR) is 85.9 cm³/mol. The van der Waals surface area contributed by atoms with Gasteiger partial charge in [-0.3, -0.25) is 0 Å². The molecule has 2 heterocycles. The molecule has 0 spiro atoms. The molecular weight excluding hydrogens is 288 g/mol. The zero-order chi connectivity index (χ0) is 14.3. The van der Waals surface area contributed by atoms with Crippen LogP contribution in [0.3, 0.4) is 0 Å². The topological polar surface area (TPSA) is 25.8 Å². The summed E-state index contributed by atoms with van der Waals surface area (Å²) >= 11 is 7.92. The summed E-state index contributed by atoms with van der Waals surface area (Å²) in [6.07, 6.45) is 0.717. The Bertz CT molecular complexity index is 772. The van der Waals surface area contributed by atoms with Gasteiger partial charge in [0.1, 0.15) is 15.8 Å². The molecule has 0 atom stereocenters. The molecule has 2 nitrogen and oxygen atoms in total. The van der Waals surface area contributed by atoms with Crippen LogP contribution in [0.5, 0.6) is 0 Å². The van der Waals surface area contributed by atoms with Crippen LogP contribution >= 0.6 is 22.9 Å². The highest BCUT2D eigenvalue weighted by molar-refractivity contribution is 7.18. The second-order valence-corrected chi connectivity index (χ2v) is 6.77. The highest BCUT2D eigenvalue weighted by Crippen LogP contribution is 2.28. The van der Waals surface area contributed by atoms with Crippen LogP contribution in [0.1, 0.15) is 27.4 Å². The van der Waals surface area contributed by atoms with E-state index in [0.717, 1.165) is 22.5 Å². The highest BCUT2D eigenvalue weighted by Gasteiger charge is 2.09. The molecule has 0 saturated heterocycles. The van der Waals surface area contributed by atoms with Crippen molar-refractivity contribution in [2.24, 2.45) is 0 Å². The van der Waals surface area contributed by atoms with Gasteiger partial charge in [-0.1, -0.05) is 40.9 Å². The number of aromatic nitrogens is 2. The standard InChI is InChI=1S/C16H15ClN2S/c1-9-4-10(2)6-12(5-9)8-14-18-15(17)13-7-11(3)20-16(13)19-14/h4-7H,8H2,1-3H3. The highest BCUT2D eigenvalue weighted by atomic mass is 35.5. The fraction of sp³-hybridized carbons (Fsp3) is 0.250. The summed E-state index contributed by atoms with van der Waals surface area (Å²) in [5.74, 6) is 0.786. The predicted octanol–water partition coefficient (Wildman–Crippen LogP) is 4.86. The van der Waals surface area contributed by atoms with E-state index in [0.29, 0.717) is 5.15 Å². The molecule has 0 saturated carbocycles. The number of nitrogens with zero attached hydrogens (tertiary/aromatic N) is 2. The molecule has 0 bridgehead atoms. The number of thiophene rings is 1. The lowest BCUT2D eigenvalue weighted by molar-refractivity contribution is 0.993. The molecule has 1 aromatic carbocycles.